The lowest BCUT2D eigenvalue weighted by atomic mass is 10.0. The van der Waals surface area contributed by atoms with Gasteiger partial charge in [-0.15, -0.1) is 0 Å². The van der Waals surface area contributed by atoms with Gasteiger partial charge in [0.25, 0.3) is 5.91 Å². The second-order valence-corrected chi connectivity index (χ2v) is 8.97. The number of nitriles is 1. The highest BCUT2D eigenvalue weighted by Gasteiger charge is 2.32. The van der Waals surface area contributed by atoms with Crippen LogP contribution in [0.25, 0.3) is 5.52 Å². The number of fused-ring (bicyclic) bond motifs is 1. The summed E-state index contributed by atoms with van der Waals surface area (Å²) in [5.74, 6) is 5.20. The van der Waals surface area contributed by atoms with Gasteiger partial charge in [0.05, 0.1) is 30.1 Å². The molecule has 3 aromatic heterocycles. The third kappa shape index (κ3) is 6.04. The van der Waals surface area contributed by atoms with E-state index < -0.39 is 30.7 Å². The second kappa shape index (κ2) is 10.5. The molecule has 0 aromatic carbocycles. The number of aryl methyl sites for hydroxylation is 1. The molecule has 194 valence electrons. The fourth-order valence-corrected chi connectivity index (χ4v) is 4.27. The van der Waals surface area contributed by atoms with Gasteiger partial charge in [0.15, 0.2) is 0 Å². The van der Waals surface area contributed by atoms with Gasteiger partial charge >= 0.3 is 6.18 Å². The largest absolute Gasteiger partial charge is 0.393 e. The van der Waals surface area contributed by atoms with Crippen molar-refractivity contribution in [3.8, 4) is 17.9 Å². The highest BCUT2D eigenvalue weighted by molar-refractivity contribution is 5.94. The van der Waals surface area contributed by atoms with E-state index >= 15 is 0 Å². The molecule has 2 atom stereocenters. The fraction of sp³-hybridized carbons (Fsp3) is 0.400. The zero-order chi connectivity index (χ0) is 26.7. The first kappa shape index (κ1) is 26.0. The van der Waals surface area contributed by atoms with Crippen molar-refractivity contribution in [3.05, 3.63) is 53.0 Å². The Kier molecular flexibility index (Phi) is 7.41. The third-order valence-corrected chi connectivity index (χ3v) is 6.14. The van der Waals surface area contributed by atoms with Crippen LogP contribution in [0.2, 0.25) is 0 Å². The molecule has 37 heavy (non-hydrogen) atoms. The Bertz CT molecular complexity index is 1410. The van der Waals surface area contributed by atoms with E-state index in [2.05, 4.69) is 27.6 Å². The third-order valence-electron chi connectivity index (χ3n) is 6.14. The number of pyridine rings is 1. The van der Waals surface area contributed by atoms with Gasteiger partial charge in [0.2, 0.25) is 0 Å². The van der Waals surface area contributed by atoms with Crippen LogP contribution in [0.3, 0.4) is 0 Å². The summed E-state index contributed by atoms with van der Waals surface area (Å²) in [6.07, 6.45) is -4.85. The monoisotopic (exact) mass is 515 g/mol. The minimum absolute atomic E-state index is 0.0764. The van der Waals surface area contributed by atoms with Crippen molar-refractivity contribution in [1.82, 2.24) is 24.4 Å². The van der Waals surface area contributed by atoms with Crippen LogP contribution >= 0.6 is 0 Å². The number of alkyl halides is 4. The number of hydrogen-bond donors (Lipinski definition) is 2. The van der Waals surface area contributed by atoms with Gasteiger partial charge < -0.3 is 20.1 Å². The molecule has 12 heteroatoms. The van der Waals surface area contributed by atoms with Gasteiger partial charge in [-0.2, -0.15) is 23.5 Å². The maximum absolute atomic E-state index is 14.6. The zero-order valence-corrected chi connectivity index (χ0v) is 20.2. The van der Waals surface area contributed by atoms with E-state index in [9.17, 15) is 22.4 Å². The van der Waals surface area contributed by atoms with Gasteiger partial charge in [0.1, 0.15) is 29.4 Å². The van der Waals surface area contributed by atoms with Crippen molar-refractivity contribution in [1.29, 1.82) is 5.26 Å². The van der Waals surface area contributed by atoms with Crippen molar-refractivity contribution in [2.24, 2.45) is 7.05 Å². The number of nitrogens with zero attached hydrogens (tertiary/aromatic N) is 5. The van der Waals surface area contributed by atoms with Gasteiger partial charge in [-0.25, -0.2) is 8.91 Å². The number of carbonyl (C=O) groups is 1. The molecule has 0 bridgehead atoms. The van der Waals surface area contributed by atoms with Crippen LogP contribution in [0.15, 0.2) is 30.5 Å². The molecule has 0 unspecified atom stereocenters. The number of rotatable bonds is 5. The Morgan fingerprint density at radius 2 is 2.08 bits per heavy atom. The number of aromatic nitrogens is 3. The Morgan fingerprint density at radius 3 is 2.76 bits per heavy atom. The lowest BCUT2D eigenvalue weighted by molar-refractivity contribution is -0.127. The van der Waals surface area contributed by atoms with Gasteiger partial charge in [-0.05, 0) is 37.6 Å². The van der Waals surface area contributed by atoms with Crippen LogP contribution < -0.4 is 10.6 Å². The SMILES string of the molecule is CN1CC[C@@H](Nc2cccc3c(CC(F)(F)F)c(C#CCNC(=O)c4cc(C#N)n(C)c4)nn23)[C@@H](F)C1. The van der Waals surface area contributed by atoms with Crippen molar-refractivity contribution < 1.29 is 22.4 Å². The molecule has 0 saturated carbocycles. The molecule has 1 amide bonds. The van der Waals surface area contributed by atoms with Crippen LogP contribution in [-0.4, -0.2) is 70.1 Å². The molecular weight excluding hydrogens is 490 g/mol. The normalized spacial score (nSPS) is 18.2. The molecule has 8 nitrogen and oxygen atoms in total. The van der Waals surface area contributed by atoms with Crippen molar-refractivity contribution >= 4 is 17.2 Å². The van der Waals surface area contributed by atoms with Crippen LogP contribution in [0, 0.1) is 23.2 Å². The van der Waals surface area contributed by atoms with Crippen LogP contribution in [0.1, 0.15) is 33.7 Å². The quantitative estimate of drug-likeness (QED) is 0.403. The maximum atomic E-state index is 14.6. The number of hydrogen-bond acceptors (Lipinski definition) is 5. The molecule has 0 aliphatic carbocycles. The highest BCUT2D eigenvalue weighted by Crippen LogP contribution is 2.28. The summed E-state index contributed by atoms with van der Waals surface area (Å²) in [5, 5.41) is 19.0. The summed E-state index contributed by atoms with van der Waals surface area (Å²) < 4.78 is 57.6. The summed E-state index contributed by atoms with van der Waals surface area (Å²) >= 11 is 0. The lowest BCUT2D eigenvalue weighted by Crippen LogP contribution is -2.46. The van der Waals surface area contributed by atoms with E-state index in [0.29, 0.717) is 24.5 Å². The maximum Gasteiger partial charge on any atom is 0.393 e. The Hall–Kier alpha value is -4.03. The molecule has 1 aliphatic heterocycles. The second-order valence-electron chi connectivity index (χ2n) is 8.97. The van der Waals surface area contributed by atoms with Crippen LogP contribution in [0.4, 0.5) is 23.4 Å². The minimum Gasteiger partial charge on any atom is -0.364 e. The number of carbonyl (C=O) groups excluding carboxylic acids is 1. The molecule has 1 saturated heterocycles. The van der Waals surface area contributed by atoms with Gasteiger partial charge in [-0.1, -0.05) is 12.0 Å². The smallest absolute Gasteiger partial charge is 0.364 e. The van der Waals surface area contributed by atoms with E-state index in [1.165, 1.54) is 27.4 Å². The first-order valence-corrected chi connectivity index (χ1v) is 11.6. The molecule has 4 rings (SSSR count). The van der Waals surface area contributed by atoms with Crippen molar-refractivity contribution in [2.45, 2.75) is 31.2 Å². The van der Waals surface area contributed by atoms with E-state index in [0.717, 1.165) is 0 Å². The Morgan fingerprint density at radius 1 is 1.30 bits per heavy atom. The lowest BCUT2D eigenvalue weighted by Gasteiger charge is -2.33. The fourth-order valence-electron chi connectivity index (χ4n) is 4.27. The zero-order valence-electron chi connectivity index (χ0n) is 20.2. The molecule has 4 heterocycles. The molecule has 1 fully saturated rings. The predicted molar refractivity (Wildman–Crippen MR) is 129 cm³/mol. The molecule has 3 aromatic rings. The minimum atomic E-state index is -4.50. The number of piperidine rings is 1. The number of likely N-dealkylation sites (tertiary alicyclic amines) is 1. The Labute approximate surface area is 210 Å². The number of nitrogens with one attached hydrogen (secondary N) is 2. The average Bonchev–Trinajstić information content (AvgIpc) is 3.38. The predicted octanol–water partition coefficient (Wildman–Crippen LogP) is 2.88. The van der Waals surface area contributed by atoms with Crippen LogP contribution in [0.5, 0.6) is 0 Å². The van der Waals surface area contributed by atoms with Crippen molar-refractivity contribution in [2.75, 3.05) is 32.0 Å². The summed E-state index contributed by atoms with van der Waals surface area (Å²) in [6, 6.07) is 7.62. The van der Waals surface area contributed by atoms with Gasteiger partial charge in [-0.3, -0.25) is 4.79 Å². The van der Waals surface area contributed by atoms with E-state index in [1.807, 2.05) is 18.0 Å². The molecule has 2 N–H and O–H groups in total. The Balaban J connectivity index is 1.58. The first-order chi connectivity index (χ1) is 17.6. The van der Waals surface area contributed by atoms with Gasteiger partial charge in [0, 0.05) is 31.9 Å². The highest BCUT2D eigenvalue weighted by atomic mass is 19.4. The first-order valence-electron chi connectivity index (χ1n) is 11.6. The molecule has 1 aliphatic rings. The molecule has 0 spiro atoms. The number of halogens is 4. The molecule has 0 radical (unpaired) electrons. The number of amides is 1. The van der Waals surface area contributed by atoms with Crippen LogP contribution in [-0.2, 0) is 13.5 Å². The van der Waals surface area contributed by atoms with E-state index in [-0.39, 0.29) is 35.4 Å². The number of anilines is 1. The molecular formula is C25H25F4N7O. The van der Waals surface area contributed by atoms with E-state index in [1.54, 1.807) is 19.2 Å². The van der Waals surface area contributed by atoms with E-state index in [4.69, 9.17) is 5.26 Å². The average molecular weight is 516 g/mol. The topological polar surface area (TPSA) is 90.4 Å². The summed E-state index contributed by atoms with van der Waals surface area (Å²) in [4.78, 5) is 14.2. The standard InChI is InChI=1S/C25H25F4N7O/c1-34-10-8-21(19(26)15-34)32-23-7-3-6-22-18(12-25(27,28)29)20(33-36(22)23)5-4-9-31-24(37)16-11-17(13-30)35(2)14-16/h3,6-7,11,14,19,21,32H,8-10,12,15H2,1-2H3,(H,31,37)/t19-,21+/m0/s1. The summed E-state index contributed by atoms with van der Waals surface area (Å²) in [6.45, 7) is 0.810. The summed E-state index contributed by atoms with van der Waals surface area (Å²) in [5.41, 5.74) is 0.611. The summed E-state index contributed by atoms with van der Waals surface area (Å²) in [7, 11) is 3.46. The van der Waals surface area contributed by atoms with Crippen molar-refractivity contribution in [3.63, 3.8) is 0 Å².